The highest BCUT2D eigenvalue weighted by atomic mass is 35.5. The van der Waals surface area contributed by atoms with Crippen LogP contribution in [0.3, 0.4) is 0 Å². The lowest BCUT2D eigenvalue weighted by Crippen LogP contribution is -2.02. The SMILES string of the molecule is FC(F)Oc1cccc(Cl)c1S. The summed E-state index contributed by atoms with van der Waals surface area (Å²) in [7, 11) is 0. The van der Waals surface area contributed by atoms with Gasteiger partial charge in [0.2, 0.25) is 0 Å². The second kappa shape index (κ2) is 3.96. The Morgan fingerprint density at radius 1 is 1.42 bits per heavy atom. The van der Waals surface area contributed by atoms with Crippen LogP contribution in [-0.2, 0) is 0 Å². The Labute approximate surface area is 78.7 Å². The Hall–Kier alpha value is -0.480. The molecule has 5 heteroatoms. The molecule has 0 radical (unpaired) electrons. The third kappa shape index (κ3) is 2.25. The van der Waals surface area contributed by atoms with E-state index in [1.54, 1.807) is 6.07 Å². The first-order valence-corrected chi connectivity index (χ1v) is 3.86. The molecule has 0 saturated heterocycles. The Balaban J connectivity index is 2.92. The summed E-state index contributed by atoms with van der Waals surface area (Å²) < 4.78 is 27.6. The fourth-order valence-corrected chi connectivity index (χ4v) is 1.05. The van der Waals surface area contributed by atoms with Gasteiger partial charge in [0.05, 0.1) is 9.92 Å². The van der Waals surface area contributed by atoms with Gasteiger partial charge >= 0.3 is 6.61 Å². The maximum atomic E-state index is 11.7. The van der Waals surface area contributed by atoms with Crippen LogP contribution in [0.5, 0.6) is 5.75 Å². The van der Waals surface area contributed by atoms with E-state index >= 15 is 0 Å². The molecule has 1 rings (SSSR count). The highest BCUT2D eigenvalue weighted by molar-refractivity contribution is 7.80. The molecule has 1 aromatic rings. The summed E-state index contributed by atoms with van der Waals surface area (Å²) >= 11 is 9.49. The number of hydrogen-bond donors (Lipinski definition) is 1. The van der Waals surface area contributed by atoms with Gasteiger partial charge in [-0.1, -0.05) is 17.7 Å². The predicted molar refractivity (Wildman–Crippen MR) is 45.3 cm³/mol. The van der Waals surface area contributed by atoms with E-state index in [2.05, 4.69) is 17.4 Å². The van der Waals surface area contributed by atoms with E-state index in [0.717, 1.165) is 0 Å². The van der Waals surface area contributed by atoms with Crippen molar-refractivity contribution in [3.05, 3.63) is 23.2 Å². The molecule has 0 heterocycles. The van der Waals surface area contributed by atoms with Crippen molar-refractivity contribution in [3.63, 3.8) is 0 Å². The van der Waals surface area contributed by atoms with E-state index in [9.17, 15) is 8.78 Å². The van der Waals surface area contributed by atoms with Gasteiger partial charge in [-0.15, -0.1) is 12.6 Å². The van der Waals surface area contributed by atoms with Crippen molar-refractivity contribution >= 4 is 24.2 Å². The maximum Gasteiger partial charge on any atom is 0.387 e. The lowest BCUT2D eigenvalue weighted by molar-refractivity contribution is -0.0516. The standard InChI is InChI=1S/C7H5ClF2OS/c8-4-2-1-3-5(6(4)12)11-7(9)10/h1-3,7,12H. The molecular formula is C7H5ClF2OS. The van der Waals surface area contributed by atoms with E-state index in [4.69, 9.17) is 11.6 Å². The van der Waals surface area contributed by atoms with Gasteiger partial charge in [-0.25, -0.2) is 0 Å². The average molecular weight is 211 g/mol. The Bertz CT molecular complexity index is 280. The summed E-state index contributed by atoms with van der Waals surface area (Å²) in [6, 6.07) is 4.43. The molecule has 1 aromatic carbocycles. The Morgan fingerprint density at radius 3 is 2.67 bits per heavy atom. The molecule has 0 N–H and O–H groups in total. The zero-order chi connectivity index (χ0) is 9.14. The van der Waals surface area contributed by atoms with Crippen LogP contribution in [0.2, 0.25) is 5.02 Å². The van der Waals surface area contributed by atoms with Crippen LogP contribution >= 0.6 is 24.2 Å². The van der Waals surface area contributed by atoms with Crippen LogP contribution in [0.1, 0.15) is 0 Å². The first-order valence-electron chi connectivity index (χ1n) is 3.03. The number of rotatable bonds is 2. The zero-order valence-electron chi connectivity index (χ0n) is 5.80. The molecule has 0 saturated carbocycles. The van der Waals surface area contributed by atoms with Crippen LogP contribution in [0.15, 0.2) is 23.1 Å². The first kappa shape index (κ1) is 9.61. The monoisotopic (exact) mass is 210 g/mol. The van der Waals surface area contributed by atoms with Crippen molar-refractivity contribution in [1.82, 2.24) is 0 Å². The fraction of sp³-hybridized carbons (Fsp3) is 0.143. The molecular weight excluding hydrogens is 206 g/mol. The molecule has 0 spiro atoms. The fourth-order valence-electron chi connectivity index (χ4n) is 0.687. The number of ether oxygens (including phenoxy) is 1. The van der Waals surface area contributed by atoms with Gasteiger partial charge in [0.25, 0.3) is 0 Å². The minimum atomic E-state index is -2.85. The van der Waals surface area contributed by atoms with Gasteiger partial charge in [-0.3, -0.25) is 0 Å². The minimum absolute atomic E-state index is 0.0131. The lowest BCUT2D eigenvalue weighted by atomic mass is 10.3. The maximum absolute atomic E-state index is 11.7. The Kier molecular flexibility index (Phi) is 3.17. The molecule has 0 aliphatic heterocycles. The van der Waals surface area contributed by atoms with E-state index in [-0.39, 0.29) is 15.7 Å². The lowest BCUT2D eigenvalue weighted by Gasteiger charge is -2.07. The van der Waals surface area contributed by atoms with Gasteiger partial charge < -0.3 is 4.74 Å². The van der Waals surface area contributed by atoms with Crippen molar-refractivity contribution < 1.29 is 13.5 Å². The van der Waals surface area contributed by atoms with Gasteiger partial charge in [0.1, 0.15) is 5.75 Å². The molecule has 12 heavy (non-hydrogen) atoms. The van der Waals surface area contributed by atoms with Crippen molar-refractivity contribution in [3.8, 4) is 5.75 Å². The van der Waals surface area contributed by atoms with Gasteiger partial charge in [-0.05, 0) is 12.1 Å². The molecule has 0 aromatic heterocycles. The van der Waals surface area contributed by atoms with E-state index < -0.39 is 6.61 Å². The number of hydrogen-bond acceptors (Lipinski definition) is 2. The number of benzene rings is 1. The summed E-state index contributed by atoms with van der Waals surface area (Å²) in [6.45, 7) is -2.85. The molecule has 0 aliphatic carbocycles. The van der Waals surface area contributed by atoms with Crippen LogP contribution in [0.25, 0.3) is 0 Å². The zero-order valence-corrected chi connectivity index (χ0v) is 7.45. The average Bonchev–Trinajstić information content (AvgIpc) is 1.98. The summed E-state index contributed by atoms with van der Waals surface area (Å²) in [6.07, 6.45) is 0. The summed E-state index contributed by atoms with van der Waals surface area (Å²) in [5.41, 5.74) is 0. The third-order valence-electron chi connectivity index (χ3n) is 1.17. The van der Waals surface area contributed by atoms with Crippen molar-refractivity contribution in [2.45, 2.75) is 11.5 Å². The van der Waals surface area contributed by atoms with Crippen molar-refractivity contribution in [1.29, 1.82) is 0 Å². The largest absolute Gasteiger partial charge is 0.434 e. The topological polar surface area (TPSA) is 9.23 Å². The summed E-state index contributed by atoms with van der Waals surface area (Å²) in [5.74, 6) is -0.0131. The van der Waals surface area contributed by atoms with Crippen LogP contribution in [0, 0.1) is 0 Å². The molecule has 66 valence electrons. The summed E-state index contributed by atoms with van der Waals surface area (Å²) in [4.78, 5) is 0.222. The molecule has 0 fully saturated rings. The molecule has 0 aliphatic rings. The Morgan fingerprint density at radius 2 is 2.08 bits per heavy atom. The van der Waals surface area contributed by atoms with E-state index in [1.165, 1.54) is 12.1 Å². The second-order valence-electron chi connectivity index (χ2n) is 1.97. The highest BCUT2D eigenvalue weighted by Gasteiger charge is 2.08. The van der Waals surface area contributed by atoms with Gasteiger partial charge in [0.15, 0.2) is 0 Å². The second-order valence-corrected chi connectivity index (χ2v) is 2.82. The number of thiol groups is 1. The number of alkyl halides is 2. The van der Waals surface area contributed by atoms with Crippen LogP contribution in [-0.4, -0.2) is 6.61 Å². The smallest absolute Gasteiger partial charge is 0.387 e. The molecule has 0 amide bonds. The van der Waals surface area contributed by atoms with Crippen molar-refractivity contribution in [2.75, 3.05) is 0 Å². The van der Waals surface area contributed by atoms with E-state index in [0.29, 0.717) is 0 Å². The molecule has 0 unspecified atom stereocenters. The first-order chi connectivity index (χ1) is 5.61. The predicted octanol–water partition coefficient (Wildman–Crippen LogP) is 3.23. The molecule has 1 nitrogen and oxygen atoms in total. The van der Waals surface area contributed by atoms with Gasteiger partial charge in [-0.2, -0.15) is 8.78 Å². The highest BCUT2D eigenvalue weighted by Crippen LogP contribution is 2.30. The third-order valence-corrected chi connectivity index (χ3v) is 2.07. The normalized spacial score (nSPS) is 10.4. The van der Waals surface area contributed by atoms with Crippen molar-refractivity contribution in [2.24, 2.45) is 0 Å². The van der Waals surface area contributed by atoms with E-state index in [1.807, 2.05) is 0 Å². The van der Waals surface area contributed by atoms with Gasteiger partial charge in [0, 0.05) is 0 Å². The molecule has 0 bridgehead atoms. The van der Waals surface area contributed by atoms with Crippen LogP contribution in [0.4, 0.5) is 8.78 Å². The number of halogens is 3. The minimum Gasteiger partial charge on any atom is -0.434 e. The summed E-state index contributed by atoms with van der Waals surface area (Å²) in [5, 5.41) is 0.288. The molecule has 0 atom stereocenters. The van der Waals surface area contributed by atoms with Crippen LogP contribution < -0.4 is 4.74 Å². The quantitative estimate of drug-likeness (QED) is 0.738.